The van der Waals surface area contributed by atoms with Gasteiger partial charge in [0.25, 0.3) is 11.6 Å². The van der Waals surface area contributed by atoms with Crippen molar-refractivity contribution in [2.24, 2.45) is 0 Å². The molecule has 0 aromatic heterocycles. The van der Waals surface area contributed by atoms with Crippen molar-refractivity contribution in [2.45, 2.75) is 20.8 Å². The Morgan fingerprint density at radius 2 is 1.81 bits per heavy atom. The van der Waals surface area contributed by atoms with Crippen LogP contribution in [-0.2, 0) is 14.3 Å². The van der Waals surface area contributed by atoms with Crippen molar-refractivity contribution >= 4 is 23.3 Å². The summed E-state index contributed by atoms with van der Waals surface area (Å²) in [6, 6.07) is 9.61. The second-order valence-corrected chi connectivity index (χ2v) is 5.95. The first-order valence-electron chi connectivity index (χ1n) is 8.17. The largest absolute Gasteiger partial charge is 0.482 e. The Morgan fingerprint density at radius 1 is 1.07 bits per heavy atom. The van der Waals surface area contributed by atoms with E-state index in [0.29, 0.717) is 11.3 Å². The van der Waals surface area contributed by atoms with Crippen LogP contribution in [0.5, 0.6) is 5.75 Å². The summed E-state index contributed by atoms with van der Waals surface area (Å²) >= 11 is 0. The van der Waals surface area contributed by atoms with Gasteiger partial charge in [0.05, 0.1) is 10.6 Å². The maximum atomic E-state index is 11.9. The summed E-state index contributed by atoms with van der Waals surface area (Å²) in [5.74, 6) is -0.718. The minimum absolute atomic E-state index is 0.144. The minimum atomic E-state index is -0.693. The maximum absolute atomic E-state index is 11.9. The van der Waals surface area contributed by atoms with E-state index in [9.17, 15) is 19.7 Å². The third-order valence-corrected chi connectivity index (χ3v) is 3.97. The molecule has 0 spiro atoms. The van der Waals surface area contributed by atoms with Crippen molar-refractivity contribution in [3.63, 3.8) is 0 Å². The van der Waals surface area contributed by atoms with Crippen molar-refractivity contribution in [1.82, 2.24) is 0 Å². The number of anilines is 1. The van der Waals surface area contributed by atoms with Gasteiger partial charge in [0.15, 0.2) is 13.2 Å². The second-order valence-electron chi connectivity index (χ2n) is 5.95. The van der Waals surface area contributed by atoms with E-state index in [-0.39, 0.29) is 18.0 Å². The van der Waals surface area contributed by atoms with Crippen molar-refractivity contribution in [3.05, 3.63) is 63.2 Å². The van der Waals surface area contributed by atoms with Gasteiger partial charge in [0.2, 0.25) is 0 Å². The SMILES string of the molecule is Cc1ccc([N+](=O)[O-])cc1NC(=O)COC(=O)COc1cccc(C)c1C. The van der Waals surface area contributed by atoms with Crippen LogP contribution in [0, 0.1) is 30.9 Å². The maximum Gasteiger partial charge on any atom is 0.344 e. The molecule has 2 aromatic carbocycles. The van der Waals surface area contributed by atoms with Gasteiger partial charge in [0, 0.05) is 12.1 Å². The summed E-state index contributed by atoms with van der Waals surface area (Å²) in [6.07, 6.45) is 0. The average molecular weight is 372 g/mol. The van der Waals surface area contributed by atoms with Crippen LogP contribution in [0.4, 0.5) is 11.4 Å². The summed E-state index contributed by atoms with van der Waals surface area (Å²) in [5, 5.41) is 13.3. The van der Waals surface area contributed by atoms with Crippen molar-refractivity contribution in [3.8, 4) is 5.75 Å². The van der Waals surface area contributed by atoms with Crippen molar-refractivity contribution in [2.75, 3.05) is 18.5 Å². The molecule has 0 aliphatic heterocycles. The van der Waals surface area contributed by atoms with Crippen LogP contribution in [0.3, 0.4) is 0 Å². The van der Waals surface area contributed by atoms with Gasteiger partial charge in [-0.25, -0.2) is 4.79 Å². The van der Waals surface area contributed by atoms with Crippen LogP contribution in [0.25, 0.3) is 0 Å². The summed E-state index contributed by atoms with van der Waals surface area (Å²) < 4.78 is 10.3. The molecule has 0 fully saturated rings. The molecule has 2 aromatic rings. The lowest BCUT2D eigenvalue weighted by molar-refractivity contribution is -0.384. The first-order valence-corrected chi connectivity index (χ1v) is 8.17. The molecule has 0 aliphatic rings. The molecule has 8 nitrogen and oxygen atoms in total. The number of nitrogens with one attached hydrogen (secondary N) is 1. The van der Waals surface area contributed by atoms with Crippen LogP contribution in [-0.4, -0.2) is 30.0 Å². The topological polar surface area (TPSA) is 108 Å². The smallest absolute Gasteiger partial charge is 0.344 e. The molecular weight excluding hydrogens is 352 g/mol. The molecule has 2 rings (SSSR count). The molecule has 0 heterocycles. The molecule has 0 aliphatic carbocycles. The summed E-state index contributed by atoms with van der Waals surface area (Å²) in [4.78, 5) is 33.9. The van der Waals surface area contributed by atoms with Crippen molar-refractivity contribution in [1.29, 1.82) is 0 Å². The summed E-state index contributed by atoms with van der Waals surface area (Å²) in [6.45, 7) is 4.67. The van der Waals surface area contributed by atoms with Gasteiger partial charge in [-0.15, -0.1) is 0 Å². The fourth-order valence-electron chi connectivity index (χ4n) is 2.25. The number of aryl methyl sites for hydroxylation is 2. The van der Waals surface area contributed by atoms with Crippen LogP contribution >= 0.6 is 0 Å². The lowest BCUT2D eigenvalue weighted by Crippen LogP contribution is -2.24. The molecule has 0 bridgehead atoms. The highest BCUT2D eigenvalue weighted by Crippen LogP contribution is 2.22. The van der Waals surface area contributed by atoms with E-state index in [2.05, 4.69) is 5.32 Å². The fraction of sp³-hybridized carbons (Fsp3) is 0.263. The molecule has 0 saturated heterocycles. The molecular formula is C19H20N2O6. The Kier molecular flexibility index (Phi) is 6.48. The molecule has 142 valence electrons. The number of amides is 1. The number of rotatable bonds is 7. The monoisotopic (exact) mass is 372 g/mol. The molecule has 0 saturated carbocycles. The zero-order valence-corrected chi connectivity index (χ0v) is 15.3. The van der Waals surface area contributed by atoms with E-state index in [1.54, 1.807) is 13.0 Å². The fourth-order valence-corrected chi connectivity index (χ4v) is 2.25. The highest BCUT2D eigenvalue weighted by atomic mass is 16.6. The van der Waals surface area contributed by atoms with E-state index in [1.165, 1.54) is 18.2 Å². The highest BCUT2D eigenvalue weighted by molar-refractivity contribution is 5.93. The number of carbonyl (C=O) groups is 2. The summed E-state index contributed by atoms with van der Waals surface area (Å²) in [7, 11) is 0. The third kappa shape index (κ3) is 5.53. The van der Waals surface area contributed by atoms with Crippen molar-refractivity contribution < 1.29 is 24.0 Å². The number of ether oxygens (including phenoxy) is 2. The Balaban J connectivity index is 1.85. The van der Waals surface area contributed by atoms with Gasteiger partial charge in [-0.05, 0) is 43.5 Å². The van der Waals surface area contributed by atoms with E-state index < -0.39 is 23.4 Å². The Bertz CT molecular complexity index is 878. The molecule has 1 amide bonds. The van der Waals surface area contributed by atoms with Gasteiger partial charge in [-0.1, -0.05) is 18.2 Å². The number of hydrogen-bond donors (Lipinski definition) is 1. The number of nitro benzene ring substituents is 1. The lowest BCUT2D eigenvalue weighted by atomic mass is 10.1. The van der Waals surface area contributed by atoms with Crippen LogP contribution in [0.1, 0.15) is 16.7 Å². The first kappa shape index (κ1) is 19.9. The Morgan fingerprint density at radius 3 is 2.52 bits per heavy atom. The zero-order chi connectivity index (χ0) is 20.0. The molecule has 0 unspecified atom stereocenters. The minimum Gasteiger partial charge on any atom is -0.482 e. The van der Waals surface area contributed by atoms with E-state index in [4.69, 9.17) is 9.47 Å². The standard InChI is InChI=1S/C19H20N2O6/c1-12-5-4-6-17(14(12)3)26-11-19(23)27-10-18(22)20-16-9-15(21(24)25)8-7-13(16)2/h4-9H,10-11H2,1-3H3,(H,20,22). The quantitative estimate of drug-likeness (QED) is 0.455. The van der Waals surface area contributed by atoms with Gasteiger partial charge in [-0.3, -0.25) is 14.9 Å². The van der Waals surface area contributed by atoms with Gasteiger partial charge in [-0.2, -0.15) is 0 Å². The third-order valence-electron chi connectivity index (χ3n) is 3.97. The average Bonchev–Trinajstić information content (AvgIpc) is 2.62. The molecule has 27 heavy (non-hydrogen) atoms. The number of benzene rings is 2. The van der Waals surface area contributed by atoms with Gasteiger partial charge < -0.3 is 14.8 Å². The van der Waals surface area contributed by atoms with Crippen LogP contribution in [0.2, 0.25) is 0 Å². The van der Waals surface area contributed by atoms with Crippen LogP contribution in [0.15, 0.2) is 36.4 Å². The Labute approximate surface area is 156 Å². The number of carbonyl (C=O) groups excluding carboxylic acids is 2. The second kappa shape index (κ2) is 8.79. The van der Waals surface area contributed by atoms with Crippen LogP contribution < -0.4 is 10.1 Å². The number of esters is 1. The number of nitro groups is 1. The van der Waals surface area contributed by atoms with Gasteiger partial charge in [0.1, 0.15) is 5.75 Å². The van der Waals surface area contributed by atoms with E-state index in [0.717, 1.165) is 11.1 Å². The van der Waals surface area contributed by atoms with Gasteiger partial charge >= 0.3 is 5.97 Å². The van der Waals surface area contributed by atoms with E-state index in [1.807, 2.05) is 26.0 Å². The Hall–Kier alpha value is -3.42. The predicted molar refractivity (Wildman–Crippen MR) is 98.8 cm³/mol. The number of nitrogens with zero attached hydrogens (tertiary/aromatic N) is 1. The lowest BCUT2D eigenvalue weighted by Gasteiger charge is -2.11. The number of hydrogen-bond acceptors (Lipinski definition) is 6. The molecule has 0 atom stereocenters. The highest BCUT2D eigenvalue weighted by Gasteiger charge is 2.13. The summed E-state index contributed by atoms with van der Waals surface area (Å²) in [5.41, 5.74) is 2.75. The normalized spacial score (nSPS) is 10.2. The van der Waals surface area contributed by atoms with E-state index >= 15 is 0 Å². The molecule has 0 radical (unpaired) electrons. The first-order chi connectivity index (χ1) is 12.8. The zero-order valence-electron chi connectivity index (χ0n) is 15.3. The molecule has 8 heteroatoms. The predicted octanol–water partition coefficient (Wildman–Crippen LogP) is 3.08. The molecule has 1 N–H and O–H groups in total. The number of non-ortho nitro benzene ring substituents is 1.